The molecule has 0 spiro atoms. The van der Waals surface area contributed by atoms with Crippen molar-refractivity contribution in [2.45, 2.75) is 42.0 Å². The van der Waals surface area contributed by atoms with Crippen LogP contribution in [0.4, 0.5) is 10.1 Å². The number of aliphatic hydroxyl groups excluding tert-OH is 1. The normalized spacial score (nSPS) is 25.1. The number of fused-ring (bicyclic) bond motifs is 3. The van der Waals surface area contributed by atoms with E-state index < -0.39 is 40.1 Å². The first-order valence-electron chi connectivity index (χ1n) is 9.34. The Morgan fingerprint density at radius 1 is 1.20 bits per heavy atom. The maximum absolute atomic E-state index is 13.1. The van der Waals surface area contributed by atoms with Gasteiger partial charge in [-0.1, -0.05) is 0 Å². The Kier molecular flexibility index (Phi) is 5.39. The van der Waals surface area contributed by atoms with E-state index in [0.29, 0.717) is 17.9 Å². The second-order valence-corrected chi connectivity index (χ2v) is 9.00. The third-order valence-electron chi connectivity index (χ3n) is 5.28. The van der Waals surface area contributed by atoms with Crippen molar-refractivity contribution in [3.05, 3.63) is 53.8 Å². The standard InChI is InChI=1S/C20H20FNO7S/c21-11-1-4-14(5-2-11)30(26,27)22-12-3-6-17-15(7-12)16-8-13(9-19(24)25)28-18(10-23)20(16)29-17/h1-7,13,16,18,20,22-23H,8-10H2,(H,24,25)/t13-,16-,18-,20+/m0/s1. The molecule has 10 heteroatoms. The van der Waals surface area contributed by atoms with Crippen LogP contribution in [0.15, 0.2) is 47.4 Å². The number of benzene rings is 2. The molecule has 2 aromatic carbocycles. The first-order valence-corrected chi connectivity index (χ1v) is 10.8. The number of hydrogen-bond donors (Lipinski definition) is 3. The summed E-state index contributed by atoms with van der Waals surface area (Å²) in [6, 6.07) is 9.27. The molecule has 1 fully saturated rings. The van der Waals surface area contributed by atoms with Gasteiger partial charge in [0, 0.05) is 17.2 Å². The predicted octanol–water partition coefficient (Wildman–Crippen LogP) is 2.10. The molecule has 0 aliphatic carbocycles. The zero-order valence-electron chi connectivity index (χ0n) is 15.7. The van der Waals surface area contributed by atoms with Crippen LogP contribution in [0.5, 0.6) is 5.75 Å². The largest absolute Gasteiger partial charge is 0.487 e. The van der Waals surface area contributed by atoms with Gasteiger partial charge in [-0.15, -0.1) is 0 Å². The zero-order chi connectivity index (χ0) is 21.5. The highest BCUT2D eigenvalue weighted by molar-refractivity contribution is 7.92. The number of hydrogen-bond acceptors (Lipinski definition) is 6. The van der Waals surface area contributed by atoms with Gasteiger partial charge < -0.3 is 19.7 Å². The van der Waals surface area contributed by atoms with Crippen LogP contribution in [-0.2, 0) is 19.6 Å². The summed E-state index contributed by atoms with van der Waals surface area (Å²) in [6.45, 7) is -0.324. The highest BCUT2D eigenvalue weighted by Crippen LogP contribution is 2.47. The molecule has 0 aromatic heterocycles. The number of carbonyl (C=O) groups is 1. The first kappa shape index (κ1) is 20.6. The maximum Gasteiger partial charge on any atom is 0.305 e. The van der Waals surface area contributed by atoms with Crippen LogP contribution < -0.4 is 9.46 Å². The van der Waals surface area contributed by atoms with Crippen molar-refractivity contribution in [1.29, 1.82) is 0 Å². The Bertz CT molecular complexity index is 1060. The number of rotatable bonds is 6. The van der Waals surface area contributed by atoms with Crippen LogP contribution in [0.2, 0.25) is 0 Å². The molecular formula is C20H20FNO7S. The number of ether oxygens (including phenoxy) is 2. The van der Waals surface area contributed by atoms with Crippen molar-refractivity contribution >= 4 is 21.7 Å². The second kappa shape index (κ2) is 7.86. The SMILES string of the molecule is O=C(O)C[C@@H]1C[C@H]2c3cc(NS(=O)(=O)c4ccc(F)cc4)ccc3O[C@H]2[C@H](CO)O1. The van der Waals surface area contributed by atoms with E-state index >= 15 is 0 Å². The van der Waals surface area contributed by atoms with Crippen molar-refractivity contribution < 1.29 is 37.3 Å². The molecule has 0 saturated carbocycles. The summed E-state index contributed by atoms with van der Waals surface area (Å²) in [7, 11) is -3.92. The monoisotopic (exact) mass is 437 g/mol. The molecular weight excluding hydrogens is 417 g/mol. The molecule has 0 bridgehead atoms. The summed E-state index contributed by atoms with van der Waals surface area (Å²) in [5, 5.41) is 18.7. The van der Waals surface area contributed by atoms with Gasteiger partial charge in [-0.25, -0.2) is 12.8 Å². The topological polar surface area (TPSA) is 122 Å². The van der Waals surface area contributed by atoms with Gasteiger partial charge in [-0.05, 0) is 48.9 Å². The summed E-state index contributed by atoms with van der Waals surface area (Å²) in [5.74, 6) is -1.25. The third kappa shape index (κ3) is 3.98. The predicted molar refractivity (Wildman–Crippen MR) is 103 cm³/mol. The number of halogens is 1. The minimum absolute atomic E-state index is 0.0774. The lowest BCUT2D eigenvalue weighted by atomic mass is 9.84. The Hall–Kier alpha value is -2.69. The van der Waals surface area contributed by atoms with Gasteiger partial charge in [0.05, 0.1) is 24.0 Å². The van der Waals surface area contributed by atoms with Crippen molar-refractivity contribution in [2.75, 3.05) is 11.3 Å². The van der Waals surface area contributed by atoms with E-state index in [1.807, 2.05) is 0 Å². The van der Waals surface area contributed by atoms with E-state index in [4.69, 9.17) is 14.6 Å². The van der Waals surface area contributed by atoms with Crippen LogP contribution in [0, 0.1) is 5.82 Å². The van der Waals surface area contributed by atoms with Gasteiger partial charge in [0.25, 0.3) is 10.0 Å². The van der Waals surface area contributed by atoms with E-state index in [2.05, 4.69) is 4.72 Å². The molecule has 4 rings (SSSR count). The Morgan fingerprint density at radius 2 is 1.93 bits per heavy atom. The lowest BCUT2D eigenvalue weighted by Crippen LogP contribution is -2.46. The van der Waals surface area contributed by atoms with Crippen LogP contribution in [-0.4, -0.2) is 49.5 Å². The molecule has 1 saturated heterocycles. The third-order valence-corrected chi connectivity index (χ3v) is 6.67. The average molecular weight is 437 g/mol. The first-order chi connectivity index (χ1) is 14.3. The smallest absolute Gasteiger partial charge is 0.305 e. The molecule has 0 radical (unpaired) electrons. The molecule has 2 heterocycles. The summed E-state index contributed by atoms with van der Waals surface area (Å²) < 4.78 is 52.3. The lowest BCUT2D eigenvalue weighted by Gasteiger charge is -2.36. The van der Waals surface area contributed by atoms with Crippen molar-refractivity contribution in [3.63, 3.8) is 0 Å². The minimum atomic E-state index is -3.92. The van der Waals surface area contributed by atoms with Gasteiger partial charge in [0.2, 0.25) is 0 Å². The molecule has 0 amide bonds. The van der Waals surface area contributed by atoms with E-state index in [9.17, 15) is 22.7 Å². The molecule has 160 valence electrons. The van der Waals surface area contributed by atoms with E-state index in [-0.39, 0.29) is 23.8 Å². The molecule has 30 heavy (non-hydrogen) atoms. The quantitative estimate of drug-likeness (QED) is 0.633. The summed E-state index contributed by atoms with van der Waals surface area (Å²) in [6.07, 6.45) is -1.59. The average Bonchev–Trinajstić information content (AvgIpc) is 3.05. The lowest BCUT2D eigenvalue weighted by molar-refractivity contribution is -0.153. The number of anilines is 1. The minimum Gasteiger partial charge on any atom is -0.487 e. The summed E-state index contributed by atoms with van der Waals surface area (Å²) in [4.78, 5) is 11.0. The molecule has 0 unspecified atom stereocenters. The second-order valence-electron chi connectivity index (χ2n) is 7.31. The Labute approximate surface area is 172 Å². The van der Waals surface area contributed by atoms with Crippen LogP contribution in [0.1, 0.15) is 24.3 Å². The fourth-order valence-corrected chi connectivity index (χ4v) is 5.02. The van der Waals surface area contributed by atoms with Gasteiger partial charge in [-0.2, -0.15) is 0 Å². The fraction of sp³-hybridized carbons (Fsp3) is 0.350. The zero-order valence-corrected chi connectivity index (χ0v) is 16.5. The molecule has 2 aliphatic rings. The van der Waals surface area contributed by atoms with E-state index in [1.54, 1.807) is 18.2 Å². The Morgan fingerprint density at radius 3 is 2.60 bits per heavy atom. The van der Waals surface area contributed by atoms with Gasteiger partial charge in [0.1, 0.15) is 23.8 Å². The molecule has 2 aromatic rings. The molecule has 8 nitrogen and oxygen atoms in total. The number of aliphatic carboxylic acids is 1. The van der Waals surface area contributed by atoms with Gasteiger partial charge in [-0.3, -0.25) is 9.52 Å². The van der Waals surface area contributed by atoms with Gasteiger partial charge in [0.15, 0.2) is 0 Å². The van der Waals surface area contributed by atoms with E-state index in [1.165, 1.54) is 12.1 Å². The van der Waals surface area contributed by atoms with Crippen LogP contribution in [0.25, 0.3) is 0 Å². The van der Waals surface area contributed by atoms with Crippen LogP contribution >= 0.6 is 0 Å². The Balaban J connectivity index is 1.60. The highest BCUT2D eigenvalue weighted by atomic mass is 32.2. The maximum atomic E-state index is 13.1. The molecule has 2 aliphatic heterocycles. The fourth-order valence-electron chi connectivity index (χ4n) is 3.98. The van der Waals surface area contributed by atoms with Crippen LogP contribution in [0.3, 0.4) is 0 Å². The summed E-state index contributed by atoms with van der Waals surface area (Å²) >= 11 is 0. The number of aliphatic hydroxyl groups is 1. The molecule has 3 N–H and O–H groups in total. The highest BCUT2D eigenvalue weighted by Gasteiger charge is 2.46. The van der Waals surface area contributed by atoms with Crippen molar-refractivity contribution in [1.82, 2.24) is 0 Å². The number of nitrogens with one attached hydrogen (secondary N) is 1. The van der Waals surface area contributed by atoms with Crippen molar-refractivity contribution in [2.24, 2.45) is 0 Å². The van der Waals surface area contributed by atoms with Crippen molar-refractivity contribution in [3.8, 4) is 5.75 Å². The van der Waals surface area contributed by atoms with Gasteiger partial charge >= 0.3 is 5.97 Å². The van der Waals surface area contributed by atoms with E-state index in [0.717, 1.165) is 17.7 Å². The number of sulfonamides is 1. The molecule has 4 atom stereocenters. The number of carboxylic acids is 1. The summed E-state index contributed by atoms with van der Waals surface area (Å²) in [5.41, 5.74) is 1.01. The number of carboxylic acid groups (broad SMARTS) is 1.